The molecule has 0 aromatic heterocycles. The maximum absolute atomic E-state index is 11.8. The van der Waals surface area contributed by atoms with Gasteiger partial charge in [0, 0.05) is 6.42 Å². The normalized spacial score (nSPS) is 11.2. The van der Waals surface area contributed by atoms with Crippen LogP contribution < -0.4 is 0 Å². The van der Waals surface area contributed by atoms with E-state index in [2.05, 4.69) is 15.9 Å². The Morgan fingerprint density at radius 3 is 1.72 bits per heavy atom. The lowest BCUT2D eigenvalue weighted by Gasteiger charge is -2.18. The van der Waals surface area contributed by atoms with E-state index in [9.17, 15) is 14.4 Å². The van der Waals surface area contributed by atoms with Gasteiger partial charge in [-0.2, -0.15) is 0 Å². The zero-order valence-electron chi connectivity index (χ0n) is 11.1. The van der Waals surface area contributed by atoms with Crippen molar-refractivity contribution in [3.8, 4) is 0 Å². The lowest BCUT2D eigenvalue weighted by atomic mass is 9.96. The van der Waals surface area contributed by atoms with Crippen LogP contribution in [-0.4, -0.2) is 35.3 Å². The van der Waals surface area contributed by atoms with Crippen LogP contribution >= 0.6 is 15.9 Å². The number of ketones is 1. The molecule has 0 aromatic rings. The molecule has 0 rings (SSSR count). The quantitative estimate of drug-likeness (QED) is 0.406. The summed E-state index contributed by atoms with van der Waals surface area (Å²) < 4.78 is 8.77. The highest BCUT2D eigenvalue weighted by Gasteiger charge is 2.35. The van der Waals surface area contributed by atoms with Crippen LogP contribution in [0, 0.1) is 5.92 Å². The van der Waals surface area contributed by atoms with Crippen molar-refractivity contribution in [1.29, 1.82) is 0 Å². The van der Waals surface area contributed by atoms with Gasteiger partial charge in [-0.15, -0.1) is 0 Å². The molecule has 0 aromatic carbocycles. The molecule has 0 amide bonds. The van der Waals surface area contributed by atoms with E-state index < -0.39 is 22.2 Å². The second kappa shape index (κ2) is 7.51. The standard InChI is InChI=1S/C12H19BrO5/c1-5-17-10(15)8(11(16)18-6-2)7-9(14)12(3,4)13/h8H,5-7H2,1-4H3. The molecule has 6 heteroatoms. The summed E-state index contributed by atoms with van der Waals surface area (Å²) in [4.78, 5) is 35.1. The summed E-state index contributed by atoms with van der Waals surface area (Å²) in [5.74, 6) is -2.88. The van der Waals surface area contributed by atoms with Gasteiger partial charge in [-0.05, 0) is 27.7 Å². The fraction of sp³-hybridized carbons (Fsp3) is 0.750. The smallest absolute Gasteiger partial charge is 0.320 e. The Morgan fingerprint density at radius 1 is 1.06 bits per heavy atom. The van der Waals surface area contributed by atoms with Crippen LogP contribution in [0.4, 0.5) is 0 Å². The van der Waals surface area contributed by atoms with E-state index in [4.69, 9.17) is 9.47 Å². The summed E-state index contributed by atoms with van der Waals surface area (Å²) in [6, 6.07) is 0. The molecule has 0 unspecified atom stereocenters. The molecule has 0 aliphatic heterocycles. The first-order valence-electron chi connectivity index (χ1n) is 5.79. The molecule has 0 aliphatic rings. The van der Waals surface area contributed by atoms with Gasteiger partial charge in [-0.3, -0.25) is 14.4 Å². The third kappa shape index (κ3) is 5.62. The van der Waals surface area contributed by atoms with Crippen molar-refractivity contribution < 1.29 is 23.9 Å². The maximum atomic E-state index is 11.8. The Hall–Kier alpha value is -0.910. The zero-order valence-corrected chi connectivity index (χ0v) is 12.7. The topological polar surface area (TPSA) is 69.7 Å². The average molecular weight is 323 g/mol. The minimum Gasteiger partial charge on any atom is -0.465 e. The van der Waals surface area contributed by atoms with Crippen LogP contribution in [0.15, 0.2) is 0 Å². The van der Waals surface area contributed by atoms with Crippen LogP contribution in [0.25, 0.3) is 0 Å². The SMILES string of the molecule is CCOC(=O)C(CC(=O)C(C)(C)Br)C(=O)OCC. The number of hydrogen-bond donors (Lipinski definition) is 0. The van der Waals surface area contributed by atoms with Gasteiger partial charge in [-0.1, -0.05) is 15.9 Å². The first-order chi connectivity index (χ1) is 8.23. The van der Waals surface area contributed by atoms with Crippen molar-refractivity contribution in [3.63, 3.8) is 0 Å². The fourth-order valence-corrected chi connectivity index (χ4v) is 1.34. The molecule has 0 saturated carbocycles. The van der Waals surface area contributed by atoms with Crippen molar-refractivity contribution >= 4 is 33.7 Å². The number of esters is 2. The molecule has 5 nitrogen and oxygen atoms in total. The Kier molecular flexibility index (Phi) is 7.13. The Balaban J connectivity index is 4.83. The molecular weight excluding hydrogens is 304 g/mol. The summed E-state index contributed by atoms with van der Waals surface area (Å²) >= 11 is 3.19. The van der Waals surface area contributed by atoms with Crippen molar-refractivity contribution in [3.05, 3.63) is 0 Å². The number of carbonyl (C=O) groups is 3. The van der Waals surface area contributed by atoms with Crippen molar-refractivity contribution in [2.45, 2.75) is 38.4 Å². The number of hydrogen-bond acceptors (Lipinski definition) is 5. The minimum absolute atomic E-state index is 0.153. The number of rotatable bonds is 7. The van der Waals surface area contributed by atoms with Gasteiger partial charge in [-0.25, -0.2) is 0 Å². The van der Waals surface area contributed by atoms with Crippen molar-refractivity contribution in [2.75, 3.05) is 13.2 Å². The molecule has 0 aliphatic carbocycles. The number of ether oxygens (including phenoxy) is 2. The molecule has 0 bridgehead atoms. The number of halogens is 1. The van der Waals surface area contributed by atoms with Gasteiger partial charge in [0.1, 0.15) is 5.78 Å². The fourth-order valence-electron chi connectivity index (χ4n) is 1.18. The highest BCUT2D eigenvalue weighted by atomic mass is 79.9. The highest BCUT2D eigenvalue weighted by molar-refractivity contribution is 9.10. The molecule has 104 valence electrons. The molecule has 0 radical (unpaired) electrons. The van der Waals surface area contributed by atoms with Crippen LogP contribution in [0.1, 0.15) is 34.1 Å². The second-order valence-electron chi connectivity index (χ2n) is 4.16. The van der Waals surface area contributed by atoms with Crippen LogP contribution in [0.3, 0.4) is 0 Å². The monoisotopic (exact) mass is 322 g/mol. The third-order valence-corrected chi connectivity index (χ3v) is 2.64. The summed E-state index contributed by atoms with van der Waals surface area (Å²) in [5.41, 5.74) is 0. The average Bonchev–Trinajstić information content (AvgIpc) is 2.24. The van der Waals surface area contributed by atoms with Crippen LogP contribution in [0.2, 0.25) is 0 Å². The van der Waals surface area contributed by atoms with E-state index >= 15 is 0 Å². The molecule has 0 saturated heterocycles. The van der Waals surface area contributed by atoms with Crippen molar-refractivity contribution in [1.82, 2.24) is 0 Å². The summed E-state index contributed by atoms with van der Waals surface area (Å²) in [6.07, 6.45) is -0.226. The second-order valence-corrected chi connectivity index (χ2v) is 6.14. The molecule has 0 spiro atoms. The maximum Gasteiger partial charge on any atom is 0.320 e. The molecule has 0 heterocycles. The highest BCUT2D eigenvalue weighted by Crippen LogP contribution is 2.22. The third-order valence-electron chi connectivity index (χ3n) is 2.19. The molecule has 0 atom stereocenters. The van der Waals surface area contributed by atoms with E-state index in [1.54, 1.807) is 27.7 Å². The Morgan fingerprint density at radius 2 is 1.44 bits per heavy atom. The number of carbonyl (C=O) groups excluding carboxylic acids is 3. The summed E-state index contributed by atoms with van der Waals surface area (Å²) in [5, 5.41) is 0. The zero-order chi connectivity index (χ0) is 14.3. The molecule has 0 fully saturated rings. The van der Waals surface area contributed by atoms with Crippen molar-refractivity contribution in [2.24, 2.45) is 5.92 Å². The van der Waals surface area contributed by atoms with Gasteiger partial charge in [0.25, 0.3) is 0 Å². The number of Topliss-reactive ketones (excluding diaryl/α,β-unsaturated/α-hetero) is 1. The lowest BCUT2D eigenvalue weighted by Crippen LogP contribution is -2.34. The van der Waals surface area contributed by atoms with Gasteiger partial charge >= 0.3 is 11.9 Å². The van der Waals surface area contributed by atoms with E-state index in [-0.39, 0.29) is 25.4 Å². The number of alkyl halides is 1. The van der Waals surface area contributed by atoms with E-state index in [0.717, 1.165) is 0 Å². The molecule has 0 N–H and O–H groups in total. The molecular formula is C12H19BrO5. The summed E-state index contributed by atoms with van der Waals surface area (Å²) in [7, 11) is 0. The predicted molar refractivity (Wildman–Crippen MR) is 69.4 cm³/mol. The molecule has 18 heavy (non-hydrogen) atoms. The first kappa shape index (κ1) is 17.1. The largest absolute Gasteiger partial charge is 0.465 e. The van der Waals surface area contributed by atoms with Gasteiger partial charge < -0.3 is 9.47 Å². The predicted octanol–water partition coefficient (Wildman–Crippen LogP) is 1.86. The van der Waals surface area contributed by atoms with E-state index in [0.29, 0.717) is 0 Å². The Labute approximate surface area is 115 Å². The van der Waals surface area contributed by atoms with E-state index in [1.165, 1.54) is 0 Å². The summed E-state index contributed by atoms with van der Waals surface area (Å²) in [6.45, 7) is 6.89. The van der Waals surface area contributed by atoms with Gasteiger partial charge in [0.05, 0.1) is 17.5 Å². The Bertz CT molecular complexity index is 301. The lowest BCUT2D eigenvalue weighted by molar-refractivity contribution is -0.163. The van der Waals surface area contributed by atoms with Crippen LogP contribution in [0.5, 0.6) is 0 Å². The van der Waals surface area contributed by atoms with E-state index in [1.807, 2.05) is 0 Å². The van der Waals surface area contributed by atoms with Gasteiger partial charge in [0.15, 0.2) is 5.92 Å². The van der Waals surface area contributed by atoms with Gasteiger partial charge in [0.2, 0.25) is 0 Å². The first-order valence-corrected chi connectivity index (χ1v) is 6.58. The van der Waals surface area contributed by atoms with Crippen LogP contribution in [-0.2, 0) is 23.9 Å². The minimum atomic E-state index is -1.19.